The Morgan fingerprint density at radius 1 is 0.259 bits per heavy atom. The van der Waals surface area contributed by atoms with Gasteiger partial charge in [-0.25, -0.2) is 0 Å². The van der Waals surface area contributed by atoms with Gasteiger partial charge in [0.1, 0.15) is 13.2 Å². The fourth-order valence-electron chi connectivity index (χ4n) is 8.88. The van der Waals surface area contributed by atoms with Crippen LogP contribution in [0.5, 0.6) is 0 Å². The summed E-state index contributed by atoms with van der Waals surface area (Å²) in [5.74, 6) is -0.935. The minimum atomic E-state index is -0.805. The number of unbranched alkanes of at least 4 members (excludes halogenated alkanes) is 24. The number of hydrogen-bond donors (Lipinski definition) is 0. The second-order valence-electron chi connectivity index (χ2n) is 21.6. The standard InChI is InChI=1S/C75H122O6/c1-4-7-10-13-16-19-22-25-28-31-32-33-34-35-36-37-38-39-40-41-42-45-47-50-53-56-59-62-65-68-74(77)80-71-72(81-75(78)69-66-63-60-57-54-51-48-44-30-27-24-21-18-15-12-9-6-3)70-79-73(76)67-64-61-58-55-52-49-46-43-29-26-23-20-17-14-11-8-5-2/h7,9-10,12,16,18-19,21,25-30,32-33,35-36,38-39,41-42,48,51,72H,4-6,8,11,13-15,17,20,22-24,31,34,37,40,43-47,49-50,52-71H2,1-3H3/b10-7-,12-9-,19-16-,21-18-,28-25-,29-26-,30-27-,33-32-,36-35-,39-38-,42-41-,51-48-. The molecule has 1 atom stereocenters. The van der Waals surface area contributed by atoms with E-state index in [2.05, 4.69) is 167 Å². The van der Waals surface area contributed by atoms with Crippen molar-refractivity contribution in [1.29, 1.82) is 0 Å². The Morgan fingerprint density at radius 3 is 0.765 bits per heavy atom. The first-order valence-electron chi connectivity index (χ1n) is 33.3. The molecule has 0 aliphatic carbocycles. The molecule has 6 heteroatoms. The van der Waals surface area contributed by atoms with E-state index in [-0.39, 0.29) is 31.1 Å². The van der Waals surface area contributed by atoms with Crippen LogP contribution in [0, 0.1) is 0 Å². The molecule has 0 aromatic carbocycles. The highest BCUT2D eigenvalue weighted by Crippen LogP contribution is 2.15. The zero-order chi connectivity index (χ0) is 58.5. The summed E-state index contributed by atoms with van der Waals surface area (Å²) < 4.78 is 16.9. The van der Waals surface area contributed by atoms with Crippen LogP contribution in [0.3, 0.4) is 0 Å². The van der Waals surface area contributed by atoms with Gasteiger partial charge >= 0.3 is 17.9 Å². The van der Waals surface area contributed by atoms with Crippen LogP contribution in [0.1, 0.15) is 290 Å². The minimum Gasteiger partial charge on any atom is -0.462 e. The predicted octanol–water partition coefficient (Wildman–Crippen LogP) is 23.1. The van der Waals surface area contributed by atoms with E-state index in [1.807, 2.05) is 0 Å². The Balaban J connectivity index is 4.41. The third-order valence-corrected chi connectivity index (χ3v) is 13.8. The SMILES string of the molecule is CC/C=C\C/C=C\C/C=C\C/C=C\C/C=C\C/C=C\C/C=C\CCCCCCCCCC(=O)OCC(COC(=O)CCCCCCCCC/C=C\CCCCCCCC)OC(=O)CCCCCC/C=C\C/C=C\C/C=C\C/C=C\CC. The van der Waals surface area contributed by atoms with Crippen molar-refractivity contribution in [3.05, 3.63) is 146 Å². The van der Waals surface area contributed by atoms with Crippen molar-refractivity contribution < 1.29 is 28.6 Å². The Kier molecular flexibility index (Phi) is 63.9. The smallest absolute Gasteiger partial charge is 0.306 e. The minimum absolute atomic E-state index is 0.0978. The maximum absolute atomic E-state index is 12.9. The molecule has 0 aliphatic heterocycles. The molecular formula is C75H122O6. The number of carbonyl (C=O) groups excluding carboxylic acids is 3. The van der Waals surface area contributed by atoms with Crippen molar-refractivity contribution >= 4 is 17.9 Å². The number of hydrogen-bond acceptors (Lipinski definition) is 6. The Bertz CT molecular complexity index is 1760. The number of allylic oxidation sites excluding steroid dienone is 24. The lowest BCUT2D eigenvalue weighted by Crippen LogP contribution is -2.30. The molecule has 0 saturated carbocycles. The summed E-state index contributed by atoms with van der Waals surface area (Å²) in [7, 11) is 0. The average molecular weight is 1120 g/mol. The van der Waals surface area contributed by atoms with Crippen LogP contribution >= 0.6 is 0 Å². The number of ether oxygens (including phenoxy) is 3. The van der Waals surface area contributed by atoms with Gasteiger partial charge in [0, 0.05) is 19.3 Å². The van der Waals surface area contributed by atoms with Gasteiger partial charge < -0.3 is 14.2 Å². The number of carbonyl (C=O) groups is 3. The zero-order valence-corrected chi connectivity index (χ0v) is 52.5. The molecule has 0 heterocycles. The maximum atomic E-state index is 12.9. The van der Waals surface area contributed by atoms with Crippen LogP contribution in [-0.2, 0) is 28.6 Å². The Labute approximate surface area is 499 Å². The molecule has 0 radical (unpaired) electrons. The second kappa shape index (κ2) is 67.8. The van der Waals surface area contributed by atoms with Crippen LogP contribution in [0.4, 0.5) is 0 Å². The molecule has 0 N–H and O–H groups in total. The Morgan fingerprint density at radius 2 is 0.481 bits per heavy atom. The van der Waals surface area contributed by atoms with Gasteiger partial charge in [-0.05, 0) is 141 Å². The van der Waals surface area contributed by atoms with Crippen LogP contribution in [0.15, 0.2) is 146 Å². The lowest BCUT2D eigenvalue weighted by Gasteiger charge is -2.18. The van der Waals surface area contributed by atoms with E-state index in [1.54, 1.807) is 0 Å². The monoisotopic (exact) mass is 1120 g/mol. The third kappa shape index (κ3) is 66.0. The first-order chi connectivity index (χ1) is 40.0. The lowest BCUT2D eigenvalue weighted by atomic mass is 10.1. The van der Waals surface area contributed by atoms with E-state index >= 15 is 0 Å². The van der Waals surface area contributed by atoms with E-state index in [1.165, 1.54) is 103 Å². The highest BCUT2D eigenvalue weighted by molar-refractivity contribution is 5.71. The first kappa shape index (κ1) is 76.3. The summed E-state index contributed by atoms with van der Waals surface area (Å²) in [5, 5.41) is 0. The fourth-order valence-corrected chi connectivity index (χ4v) is 8.88. The first-order valence-corrected chi connectivity index (χ1v) is 33.3. The molecule has 0 spiro atoms. The molecule has 0 rings (SSSR count). The van der Waals surface area contributed by atoms with Gasteiger partial charge in [0.15, 0.2) is 6.10 Å². The molecule has 1 unspecified atom stereocenters. The normalized spacial score (nSPS) is 13.1. The molecule has 81 heavy (non-hydrogen) atoms. The van der Waals surface area contributed by atoms with Crippen LogP contribution < -0.4 is 0 Å². The van der Waals surface area contributed by atoms with Crippen LogP contribution in [-0.4, -0.2) is 37.2 Å². The van der Waals surface area contributed by atoms with Crippen molar-refractivity contribution in [2.24, 2.45) is 0 Å². The van der Waals surface area contributed by atoms with Crippen molar-refractivity contribution in [3.8, 4) is 0 Å². The number of esters is 3. The van der Waals surface area contributed by atoms with E-state index < -0.39 is 6.10 Å². The largest absolute Gasteiger partial charge is 0.462 e. The molecule has 0 aliphatic rings. The van der Waals surface area contributed by atoms with E-state index in [0.717, 1.165) is 148 Å². The molecular weight excluding hydrogens is 997 g/mol. The van der Waals surface area contributed by atoms with Gasteiger partial charge in [0.2, 0.25) is 0 Å². The highest BCUT2D eigenvalue weighted by atomic mass is 16.6. The van der Waals surface area contributed by atoms with Crippen molar-refractivity contribution in [2.45, 2.75) is 297 Å². The van der Waals surface area contributed by atoms with Gasteiger partial charge in [-0.1, -0.05) is 276 Å². The van der Waals surface area contributed by atoms with Gasteiger partial charge in [0.25, 0.3) is 0 Å². The van der Waals surface area contributed by atoms with Gasteiger partial charge in [-0.15, -0.1) is 0 Å². The van der Waals surface area contributed by atoms with Gasteiger partial charge in [0.05, 0.1) is 0 Å². The average Bonchev–Trinajstić information content (AvgIpc) is 3.47. The van der Waals surface area contributed by atoms with Crippen molar-refractivity contribution in [2.75, 3.05) is 13.2 Å². The van der Waals surface area contributed by atoms with E-state index in [0.29, 0.717) is 19.3 Å². The predicted molar refractivity (Wildman–Crippen MR) is 352 cm³/mol. The summed E-state index contributed by atoms with van der Waals surface area (Å²) in [4.78, 5) is 38.4. The molecule has 0 aromatic rings. The van der Waals surface area contributed by atoms with Gasteiger partial charge in [-0.3, -0.25) is 14.4 Å². The molecule has 458 valence electrons. The summed E-state index contributed by atoms with van der Waals surface area (Å²) in [6.07, 6.45) is 97.1. The summed E-state index contributed by atoms with van der Waals surface area (Å²) in [6.45, 7) is 6.39. The quantitative estimate of drug-likeness (QED) is 0.0261. The lowest BCUT2D eigenvalue weighted by molar-refractivity contribution is -0.167. The number of rotatable bonds is 59. The fraction of sp³-hybridized carbons (Fsp3) is 0.640. The van der Waals surface area contributed by atoms with Crippen molar-refractivity contribution in [1.82, 2.24) is 0 Å². The zero-order valence-electron chi connectivity index (χ0n) is 52.5. The second-order valence-corrected chi connectivity index (χ2v) is 21.6. The summed E-state index contributed by atoms with van der Waals surface area (Å²) in [6, 6.07) is 0. The molecule has 0 saturated heterocycles. The highest BCUT2D eigenvalue weighted by Gasteiger charge is 2.19. The van der Waals surface area contributed by atoms with Gasteiger partial charge in [-0.2, -0.15) is 0 Å². The van der Waals surface area contributed by atoms with Crippen LogP contribution in [0.25, 0.3) is 0 Å². The van der Waals surface area contributed by atoms with Crippen LogP contribution in [0.2, 0.25) is 0 Å². The molecule has 0 aromatic heterocycles. The van der Waals surface area contributed by atoms with E-state index in [9.17, 15) is 14.4 Å². The molecule has 0 fully saturated rings. The van der Waals surface area contributed by atoms with Crippen molar-refractivity contribution in [3.63, 3.8) is 0 Å². The topological polar surface area (TPSA) is 78.9 Å². The third-order valence-electron chi connectivity index (χ3n) is 13.8. The summed E-state index contributed by atoms with van der Waals surface area (Å²) >= 11 is 0. The Hall–Kier alpha value is -4.71. The maximum Gasteiger partial charge on any atom is 0.306 e. The summed E-state index contributed by atoms with van der Waals surface area (Å²) in [5.41, 5.74) is 0. The molecule has 0 amide bonds. The van der Waals surface area contributed by atoms with E-state index in [4.69, 9.17) is 14.2 Å². The molecule has 0 bridgehead atoms. The molecule has 6 nitrogen and oxygen atoms in total.